The molecule has 108 valence electrons. The lowest BCUT2D eigenvalue weighted by Gasteiger charge is -2.13. The van der Waals surface area contributed by atoms with E-state index in [0.717, 1.165) is 16.8 Å². The number of thiazole rings is 1. The van der Waals surface area contributed by atoms with Gasteiger partial charge in [-0.1, -0.05) is 20.8 Å². The molecule has 0 aliphatic rings. The molecule has 1 aromatic heterocycles. The summed E-state index contributed by atoms with van der Waals surface area (Å²) < 4.78 is 39.3. The second-order valence-electron chi connectivity index (χ2n) is 5.49. The second-order valence-corrected chi connectivity index (χ2v) is 6.35. The predicted octanol–water partition coefficient (Wildman–Crippen LogP) is 4.47. The van der Waals surface area contributed by atoms with Gasteiger partial charge in [0.1, 0.15) is 5.82 Å². The summed E-state index contributed by atoms with van der Waals surface area (Å²) in [6.07, 6.45) is 0. The molecule has 2 rings (SSSR count). The molecule has 0 unspecified atom stereocenters. The molecule has 0 aliphatic carbocycles. The number of benzene rings is 1. The van der Waals surface area contributed by atoms with Crippen molar-refractivity contribution in [3.05, 3.63) is 45.7 Å². The van der Waals surface area contributed by atoms with Gasteiger partial charge in [0.2, 0.25) is 0 Å². The molecule has 0 saturated carbocycles. The maximum absolute atomic E-state index is 13.4. The van der Waals surface area contributed by atoms with Crippen molar-refractivity contribution in [3.63, 3.8) is 0 Å². The fourth-order valence-corrected chi connectivity index (χ4v) is 2.48. The molecule has 0 bridgehead atoms. The van der Waals surface area contributed by atoms with E-state index in [-0.39, 0.29) is 17.6 Å². The fraction of sp³-hybridized carbons (Fsp3) is 0.357. The normalized spacial score (nSPS) is 11.7. The molecule has 1 heterocycles. The summed E-state index contributed by atoms with van der Waals surface area (Å²) >= 11 is 1.52. The van der Waals surface area contributed by atoms with Crippen LogP contribution in [0.2, 0.25) is 0 Å². The van der Waals surface area contributed by atoms with Gasteiger partial charge in [-0.05, 0) is 0 Å². The summed E-state index contributed by atoms with van der Waals surface area (Å²) in [7, 11) is 0. The van der Waals surface area contributed by atoms with Gasteiger partial charge in [0.15, 0.2) is 11.6 Å². The van der Waals surface area contributed by atoms with Crippen LogP contribution in [0, 0.1) is 17.5 Å². The second kappa shape index (κ2) is 5.44. The third-order valence-corrected chi connectivity index (χ3v) is 3.98. The van der Waals surface area contributed by atoms with Gasteiger partial charge in [-0.3, -0.25) is 0 Å². The molecular formula is C14H15F3N2S. The van der Waals surface area contributed by atoms with E-state index in [1.54, 1.807) is 0 Å². The molecule has 0 atom stereocenters. The predicted molar refractivity (Wildman–Crippen MR) is 74.5 cm³/mol. The largest absolute Gasteiger partial charge is 0.377 e. The Morgan fingerprint density at radius 2 is 1.75 bits per heavy atom. The minimum atomic E-state index is -1.20. The van der Waals surface area contributed by atoms with Gasteiger partial charge in [0, 0.05) is 22.9 Å². The molecule has 0 fully saturated rings. The number of hydrogen-bond donors (Lipinski definition) is 1. The van der Waals surface area contributed by atoms with Crippen LogP contribution >= 0.6 is 11.3 Å². The molecule has 1 N–H and O–H groups in total. The zero-order chi connectivity index (χ0) is 14.9. The first-order chi connectivity index (χ1) is 9.27. The lowest BCUT2D eigenvalue weighted by atomic mass is 9.98. The molecule has 0 spiro atoms. The summed E-state index contributed by atoms with van der Waals surface area (Å²) in [6.45, 7) is 6.42. The number of aromatic nitrogens is 1. The number of nitrogens with zero attached hydrogens (tertiary/aromatic N) is 1. The first-order valence-corrected chi connectivity index (χ1v) is 6.98. The minimum absolute atomic E-state index is 0.0455. The zero-order valence-corrected chi connectivity index (χ0v) is 12.2. The number of nitrogens with one attached hydrogen (secondary N) is 1. The lowest BCUT2D eigenvalue weighted by Crippen LogP contribution is -2.11. The first-order valence-electron chi connectivity index (χ1n) is 6.10. The Hall–Kier alpha value is -1.56. The van der Waals surface area contributed by atoms with Crippen LogP contribution in [-0.4, -0.2) is 4.98 Å². The monoisotopic (exact) mass is 300 g/mol. The van der Waals surface area contributed by atoms with E-state index in [9.17, 15) is 13.2 Å². The number of anilines is 1. The van der Waals surface area contributed by atoms with E-state index in [4.69, 9.17) is 0 Å². The number of rotatable bonds is 3. The molecule has 0 amide bonds. The Kier molecular flexibility index (Phi) is 4.04. The maximum atomic E-state index is 13.4. The van der Waals surface area contributed by atoms with Gasteiger partial charge in [0.25, 0.3) is 0 Å². The Morgan fingerprint density at radius 1 is 1.10 bits per heavy atom. The molecular weight excluding hydrogens is 285 g/mol. The van der Waals surface area contributed by atoms with Crippen LogP contribution in [0.3, 0.4) is 0 Å². The molecule has 0 aliphatic heterocycles. The SMILES string of the molecule is CC(C)(C)c1nc(CNc2cc(F)c(F)cc2F)cs1. The average Bonchev–Trinajstić information content (AvgIpc) is 2.80. The third kappa shape index (κ3) is 3.30. The Labute approximate surface area is 119 Å². The van der Waals surface area contributed by atoms with Crippen LogP contribution in [-0.2, 0) is 12.0 Å². The third-order valence-electron chi connectivity index (χ3n) is 2.66. The number of halogens is 3. The van der Waals surface area contributed by atoms with Crippen molar-refractivity contribution in [2.24, 2.45) is 0 Å². The van der Waals surface area contributed by atoms with Crippen molar-refractivity contribution in [2.75, 3.05) is 5.32 Å². The minimum Gasteiger partial charge on any atom is -0.377 e. The first kappa shape index (κ1) is 14.8. The molecule has 2 aromatic rings. The van der Waals surface area contributed by atoms with Gasteiger partial charge >= 0.3 is 0 Å². The smallest absolute Gasteiger partial charge is 0.161 e. The highest BCUT2D eigenvalue weighted by molar-refractivity contribution is 7.09. The van der Waals surface area contributed by atoms with E-state index in [0.29, 0.717) is 6.07 Å². The van der Waals surface area contributed by atoms with E-state index in [2.05, 4.69) is 31.1 Å². The fourth-order valence-electron chi connectivity index (χ4n) is 1.58. The van der Waals surface area contributed by atoms with E-state index in [1.165, 1.54) is 11.3 Å². The van der Waals surface area contributed by atoms with Crippen LogP contribution < -0.4 is 5.32 Å². The molecule has 0 radical (unpaired) electrons. The van der Waals surface area contributed by atoms with Crippen LogP contribution in [0.1, 0.15) is 31.5 Å². The molecule has 6 heteroatoms. The topological polar surface area (TPSA) is 24.9 Å². The van der Waals surface area contributed by atoms with Gasteiger partial charge in [-0.15, -0.1) is 11.3 Å². The van der Waals surface area contributed by atoms with Crippen LogP contribution in [0.15, 0.2) is 17.5 Å². The highest BCUT2D eigenvalue weighted by atomic mass is 32.1. The molecule has 0 saturated heterocycles. The van der Waals surface area contributed by atoms with E-state index in [1.807, 2.05) is 5.38 Å². The summed E-state index contributed by atoms with van der Waals surface area (Å²) in [5, 5.41) is 5.56. The standard InChI is InChI=1S/C14H15F3N2S/c1-14(2,3)13-19-8(7-20-13)6-18-12-5-10(16)9(15)4-11(12)17/h4-5,7,18H,6H2,1-3H3. The Balaban J connectivity index is 2.09. The summed E-state index contributed by atoms with van der Waals surface area (Å²) in [5.41, 5.74) is 0.620. The van der Waals surface area contributed by atoms with Crippen molar-refractivity contribution in [1.29, 1.82) is 0 Å². The van der Waals surface area contributed by atoms with Crippen LogP contribution in [0.25, 0.3) is 0 Å². The highest BCUT2D eigenvalue weighted by Gasteiger charge is 2.18. The van der Waals surface area contributed by atoms with Gasteiger partial charge in [0.05, 0.1) is 22.9 Å². The molecule has 1 aromatic carbocycles. The molecule has 20 heavy (non-hydrogen) atoms. The average molecular weight is 300 g/mol. The maximum Gasteiger partial charge on any atom is 0.161 e. The van der Waals surface area contributed by atoms with Crippen molar-refractivity contribution in [2.45, 2.75) is 32.7 Å². The quantitative estimate of drug-likeness (QED) is 0.846. The Bertz CT molecular complexity index is 617. The Morgan fingerprint density at radius 3 is 2.35 bits per heavy atom. The van der Waals surface area contributed by atoms with Crippen LogP contribution in [0.5, 0.6) is 0 Å². The zero-order valence-electron chi connectivity index (χ0n) is 11.4. The van der Waals surface area contributed by atoms with Crippen molar-refractivity contribution in [1.82, 2.24) is 4.98 Å². The lowest BCUT2D eigenvalue weighted by molar-refractivity contribution is 0.496. The number of hydrogen-bond acceptors (Lipinski definition) is 3. The highest BCUT2D eigenvalue weighted by Crippen LogP contribution is 2.26. The summed E-state index contributed by atoms with van der Waals surface area (Å²) in [5.74, 6) is -3.10. The van der Waals surface area contributed by atoms with Crippen LogP contribution in [0.4, 0.5) is 18.9 Å². The summed E-state index contributed by atoms with van der Waals surface area (Å²) in [6, 6.07) is 1.33. The van der Waals surface area contributed by atoms with Gasteiger partial charge < -0.3 is 5.32 Å². The molecule has 2 nitrogen and oxygen atoms in total. The van der Waals surface area contributed by atoms with Gasteiger partial charge in [-0.2, -0.15) is 0 Å². The van der Waals surface area contributed by atoms with Crippen molar-refractivity contribution >= 4 is 17.0 Å². The van der Waals surface area contributed by atoms with Gasteiger partial charge in [-0.25, -0.2) is 18.2 Å². The van der Waals surface area contributed by atoms with Crippen molar-refractivity contribution in [3.8, 4) is 0 Å². The van der Waals surface area contributed by atoms with Crippen molar-refractivity contribution < 1.29 is 13.2 Å². The van der Waals surface area contributed by atoms with E-state index >= 15 is 0 Å². The van der Waals surface area contributed by atoms with E-state index < -0.39 is 17.5 Å². The summed E-state index contributed by atoms with van der Waals surface area (Å²) in [4.78, 5) is 4.43.